The third-order valence-electron chi connectivity index (χ3n) is 5.53. The van der Waals surface area contributed by atoms with Crippen LogP contribution < -0.4 is 10.6 Å². The summed E-state index contributed by atoms with van der Waals surface area (Å²) in [5.41, 5.74) is 0.304. The van der Waals surface area contributed by atoms with Crippen LogP contribution in [0.2, 0.25) is 0 Å². The number of guanidine groups is 1. The molecule has 0 spiro atoms. The molecule has 1 aromatic rings. The number of rotatable bonds is 10. The van der Waals surface area contributed by atoms with Crippen molar-refractivity contribution in [2.75, 3.05) is 60.7 Å². The highest BCUT2D eigenvalue weighted by Gasteiger charge is 2.33. The van der Waals surface area contributed by atoms with Crippen LogP contribution in [0.5, 0.6) is 0 Å². The summed E-state index contributed by atoms with van der Waals surface area (Å²) < 4.78 is 49.1. The van der Waals surface area contributed by atoms with Crippen LogP contribution in [-0.2, 0) is 15.7 Å². The van der Waals surface area contributed by atoms with Crippen LogP contribution in [0.3, 0.4) is 0 Å². The lowest BCUT2D eigenvalue weighted by molar-refractivity contribution is -0.137. The highest BCUT2D eigenvalue weighted by molar-refractivity contribution is 5.79. The summed E-state index contributed by atoms with van der Waals surface area (Å²) in [6, 6.07) is 5.64. The molecular formula is C22H35F3N4O2. The van der Waals surface area contributed by atoms with E-state index in [0.29, 0.717) is 26.4 Å². The van der Waals surface area contributed by atoms with Crippen LogP contribution in [0.25, 0.3) is 0 Å². The number of piperidine rings is 1. The van der Waals surface area contributed by atoms with Crippen LogP contribution in [0, 0.1) is 5.92 Å². The van der Waals surface area contributed by atoms with Gasteiger partial charge in [0.1, 0.15) is 0 Å². The number of benzene rings is 1. The zero-order valence-electron chi connectivity index (χ0n) is 18.7. The molecule has 1 aromatic carbocycles. The first-order valence-electron chi connectivity index (χ1n) is 10.8. The van der Waals surface area contributed by atoms with Gasteiger partial charge in [-0.25, -0.2) is 0 Å². The normalized spacial score (nSPS) is 20.6. The first kappa shape index (κ1) is 25.4. The molecule has 2 unspecified atom stereocenters. The number of methoxy groups -OCH3 is 1. The van der Waals surface area contributed by atoms with Crippen LogP contribution in [-0.4, -0.2) is 71.5 Å². The molecule has 0 amide bonds. The zero-order chi connectivity index (χ0) is 22.7. The van der Waals surface area contributed by atoms with E-state index in [1.54, 1.807) is 26.3 Å². The monoisotopic (exact) mass is 444 g/mol. The minimum Gasteiger partial charge on any atom is -0.382 e. The fourth-order valence-electron chi connectivity index (χ4n) is 3.94. The predicted molar refractivity (Wildman–Crippen MR) is 116 cm³/mol. The van der Waals surface area contributed by atoms with Crippen molar-refractivity contribution in [2.45, 2.75) is 31.5 Å². The van der Waals surface area contributed by atoms with E-state index in [-0.39, 0.29) is 12.0 Å². The number of nitrogens with zero attached hydrogens (tertiary/aromatic N) is 2. The molecule has 9 heteroatoms. The molecule has 0 aromatic heterocycles. The summed E-state index contributed by atoms with van der Waals surface area (Å²) in [6.07, 6.45) is -1.39. The maximum Gasteiger partial charge on any atom is 0.416 e. The molecule has 6 nitrogen and oxygen atoms in total. The maximum atomic E-state index is 12.9. The van der Waals surface area contributed by atoms with Gasteiger partial charge in [-0.15, -0.1) is 0 Å². The minimum absolute atomic E-state index is 0.0656. The zero-order valence-corrected chi connectivity index (χ0v) is 18.7. The highest BCUT2D eigenvalue weighted by atomic mass is 19.4. The van der Waals surface area contributed by atoms with Crippen molar-refractivity contribution in [1.82, 2.24) is 15.5 Å². The van der Waals surface area contributed by atoms with Gasteiger partial charge in [0.05, 0.1) is 18.8 Å². The van der Waals surface area contributed by atoms with Crippen molar-refractivity contribution in [3.63, 3.8) is 0 Å². The van der Waals surface area contributed by atoms with E-state index >= 15 is 0 Å². The molecule has 1 saturated heterocycles. The smallest absolute Gasteiger partial charge is 0.382 e. The topological polar surface area (TPSA) is 58.1 Å². The number of hydrogen-bond donors (Lipinski definition) is 2. The average Bonchev–Trinajstić information content (AvgIpc) is 2.74. The molecule has 31 heavy (non-hydrogen) atoms. The summed E-state index contributed by atoms with van der Waals surface area (Å²) in [5, 5.41) is 6.66. The van der Waals surface area contributed by atoms with Gasteiger partial charge in [-0.1, -0.05) is 12.1 Å². The standard InChI is InChI=1S/C22H35F3N4O2/c1-26-21(27-11-5-13-31-15-14-30-3)28-16-18-6-4-12-29(2)20(18)17-7-9-19(10-8-17)22(23,24)25/h7-10,18,20H,4-6,11-16H2,1-3H3,(H2,26,27,28). The van der Waals surface area contributed by atoms with Crippen molar-refractivity contribution in [2.24, 2.45) is 10.9 Å². The van der Waals surface area contributed by atoms with E-state index in [9.17, 15) is 13.2 Å². The van der Waals surface area contributed by atoms with Gasteiger partial charge >= 0.3 is 6.18 Å². The minimum atomic E-state index is -4.31. The summed E-state index contributed by atoms with van der Waals surface area (Å²) >= 11 is 0. The molecule has 1 aliphatic rings. The molecule has 0 saturated carbocycles. The van der Waals surface area contributed by atoms with Gasteiger partial charge in [-0.2, -0.15) is 13.2 Å². The fraction of sp³-hybridized carbons (Fsp3) is 0.682. The Kier molecular flexibility index (Phi) is 10.6. The molecule has 2 rings (SSSR count). The number of ether oxygens (including phenoxy) is 2. The number of likely N-dealkylation sites (tertiary alicyclic amines) is 1. The second-order valence-electron chi connectivity index (χ2n) is 7.79. The molecule has 2 atom stereocenters. The Labute approximate surface area is 183 Å². The van der Waals surface area contributed by atoms with Gasteiger partial charge < -0.3 is 20.1 Å². The second-order valence-corrected chi connectivity index (χ2v) is 7.79. The van der Waals surface area contributed by atoms with Gasteiger partial charge in [-0.3, -0.25) is 9.89 Å². The van der Waals surface area contributed by atoms with Crippen molar-refractivity contribution < 1.29 is 22.6 Å². The molecule has 0 bridgehead atoms. The molecule has 0 radical (unpaired) electrons. The van der Waals surface area contributed by atoms with Gasteiger partial charge in [0.15, 0.2) is 5.96 Å². The SMILES string of the molecule is CN=C(NCCCOCCOC)NCC1CCCN(C)C1c1ccc(C(F)(F)F)cc1. The van der Waals surface area contributed by atoms with E-state index in [1.165, 1.54) is 12.1 Å². The first-order valence-corrected chi connectivity index (χ1v) is 10.8. The van der Waals surface area contributed by atoms with Crippen molar-refractivity contribution in [1.29, 1.82) is 0 Å². The first-order chi connectivity index (χ1) is 14.9. The lowest BCUT2D eigenvalue weighted by atomic mass is 9.84. The third kappa shape index (κ3) is 8.31. The Hall–Kier alpha value is -1.84. The van der Waals surface area contributed by atoms with Gasteiger partial charge in [0.25, 0.3) is 0 Å². The van der Waals surface area contributed by atoms with Crippen molar-refractivity contribution in [3.05, 3.63) is 35.4 Å². The summed E-state index contributed by atoms with van der Waals surface area (Å²) in [6.45, 7) is 4.19. The average molecular weight is 445 g/mol. The lowest BCUT2D eigenvalue weighted by Crippen LogP contribution is -2.45. The van der Waals surface area contributed by atoms with Gasteiger partial charge in [0.2, 0.25) is 0 Å². The van der Waals surface area contributed by atoms with Crippen LogP contribution in [0.15, 0.2) is 29.3 Å². The van der Waals surface area contributed by atoms with Crippen molar-refractivity contribution >= 4 is 5.96 Å². The van der Waals surface area contributed by atoms with Gasteiger partial charge in [0, 0.05) is 39.9 Å². The largest absolute Gasteiger partial charge is 0.416 e. The molecule has 1 heterocycles. The van der Waals surface area contributed by atoms with E-state index in [0.717, 1.165) is 43.9 Å². The molecule has 0 aliphatic carbocycles. The predicted octanol–water partition coefficient (Wildman–Crippen LogP) is 3.31. The Balaban J connectivity index is 1.88. The molecule has 1 aliphatic heterocycles. The fourth-order valence-corrected chi connectivity index (χ4v) is 3.94. The van der Waals surface area contributed by atoms with E-state index < -0.39 is 11.7 Å². The quantitative estimate of drug-likeness (QED) is 0.330. The van der Waals surface area contributed by atoms with Crippen LogP contribution >= 0.6 is 0 Å². The Morgan fingerprint density at radius 1 is 1.16 bits per heavy atom. The van der Waals surface area contributed by atoms with E-state index in [1.807, 2.05) is 7.05 Å². The number of aliphatic imine (C=N–C) groups is 1. The molecule has 176 valence electrons. The van der Waals surface area contributed by atoms with Gasteiger partial charge in [-0.05, 0) is 56.5 Å². The third-order valence-corrected chi connectivity index (χ3v) is 5.53. The number of hydrogen-bond acceptors (Lipinski definition) is 4. The molecule has 2 N–H and O–H groups in total. The maximum absolute atomic E-state index is 12.9. The highest BCUT2D eigenvalue weighted by Crippen LogP contribution is 2.36. The van der Waals surface area contributed by atoms with Crippen LogP contribution in [0.1, 0.15) is 36.4 Å². The number of nitrogens with one attached hydrogen (secondary N) is 2. The van der Waals surface area contributed by atoms with E-state index in [2.05, 4.69) is 20.5 Å². The lowest BCUT2D eigenvalue weighted by Gasteiger charge is -2.40. The molecular weight excluding hydrogens is 409 g/mol. The Morgan fingerprint density at radius 3 is 2.55 bits per heavy atom. The number of halogens is 3. The Morgan fingerprint density at radius 2 is 1.90 bits per heavy atom. The Bertz CT molecular complexity index is 668. The van der Waals surface area contributed by atoms with Crippen molar-refractivity contribution in [3.8, 4) is 0 Å². The van der Waals surface area contributed by atoms with E-state index in [4.69, 9.17) is 9.47 Å². The molecule has 1 fully saturated rings. The summed E-state index contributed by atoms with van der Waals surface area (Å²) in [7, 11) is 5.41. The number of alkyl halides is 3. The summed E-state index contributed by atoms with van der Waals surface area (Å²) in [5.74, 6) is 0.989. The summed E-state index contributed by atoms with van der Waals surface area (Å²) in [4.78, 5) is 6.50. The van der Waals surface area contributed by atoms with Crippen LogP contribution in [0.4, 0.5) is 13.2 Å². The second kappa shape index (κ2) is 12.9.